The van der Waals surface area contributed by atoms with Gasteiger partial charge in [0.25, 0.3) is 0 Å². The van der Waals surface area contributed by atoms with E-state index in [2.05, 4.69) is 9.61 Å². The van der Waals surface area contributed by atoms with Crippen molar-refractivity contribution >= 4 is 31.7 Å². The van der Waals surface area contributed by atoms with Crippen molar-refractivity contribution in [1.82, 2.24) is 4.72 Å². The van der Waals surface area contributed by atoms with Crippen molar-refractivity contribution in [3.05, 3.63) is 71.8 Å². The molecule has 0 amide bonds. The first-order chi connectivity index (χ1) is 17.3. The van der Waals surface area contributed by atoms with E-state index in [1.807, 2.05) is 0 Å². The van der Waals surface area contributed by atoms with E-state index in [1.54, 1.807) is 36.4 Å². The van der Waals surface area contributed by atoms with E-state index in [4.69, 9.17) is 16.0 Å². The summed E-state index contributed by atoms with van der Waals surface area (Å²) in [6, 6.07) is 15.2. The van der Waals surface area contributed by atoms with Crippen LogP contribution >= 0.6 is 0 Å². The first-order valence-corrected chi connectivity index (χ1v) is 14.1. The molecule has 0 aromatic heterocycles. The number of phenolic OH excluding ortho intramolecular Hbond substituents is 1. The third kappa shape index (κ3) is 6.64. The first-order valence-electron chi connectivity index (χ1n) is 10.7. The van der Waals surface area contributed by atoms with Crippen LogP contribution in [-0.4, -0.2) is 46.5 Å². The van der Waals surface area contributed by atoms with Gasteiger partial charge in [-0.2, -0.15) is 0 Å². The molecule has 13 heteroatoms. The standard InChI is InChI=1S/C24H25N3O8S2/c1-15(28)34-35-22-17(8-10-19(23(22)36(2,30)31)16-6-4-3-5-7-16)12-13-27-37(32,33)21-14-18(24(25)26)9-11-20(21)29/h3-11,14,27,29H,12-13H2,1-2H3,(H3,25,26). The fourth-order valence-corrected chi connectivity index (χ4v) is 5.74. The van der Waals surface area contributed by atoms with Gasteiger partial charge < -0.3 is 10.8 Å². The number of carbonyl (C=O) groups excluding carboxylic acids is 1. The number of benzene rings is 3. The topological polar surface area (TPSA) is 186 Å². The van der Waals surface area contributed by atoms with Crippen LogP contribution in [0.15, 0.2) is 70.5 Å². The Morgan fingerprint density at radius 2 is 1.73 bits per heavy atom. The lowest BCUT2D eigenvalue weighted by molar-refractivity contribution is -0.212. The van der Waals surface area contributed by atoms with Crippen molar-refractivity contribution in [3.8, 4) is 22.6 Å². The SMILES string of the molecule is CC(=O)OOc1c(CCNS(=O)(=O)c2cc(C(=N)N)ccc2O)ccc(-c2ccccc2)c1S(C)(=O)=O. The van der Waals surface area contributed by atoms with Crippen LogP contribution in [0.3, 0.4) is 0 Å². The van der Waals surface area contributed by atoms with Gasteiger partial charge in [0.2, 0.25) is 15.8 Å². The number of carbonyl (C=O) groups is 1. The number of hydrogen-bond donors (Lipinski definition) is 4. The summed E-state index contributed by atoms with van der Waals surface area (Å²) in [7, 11) is -8.16. The highest BCUT2D eigenvalue weighted by Gasteiger charge is 2.26. The predicted molar refractivity (Wildman–Crippen MR) is 135 cm³/mol. The van der Waals surface area contributed by atoms with Crippen LogP contribution < -0.4 is 15.3 Å². The Hall–Kier alpha value is -3.94. The van der Waals surface area contributed by atoms with E-state index in [0.717, 1.165) is 25.3 Å². The van der Waals surface area contributed by atoms with Crippen LogP contribution in [0, 0.1) is 5.41 Å². The molecule has 37 heavy (non-hydrogen) atoms. The maximum absolute atomic E-state index is 12.8. The number of sulfonamides is 1. The Bertz CT molecular complexity index is 1550. The number of aromatic hydroxyl groups is 1. The third-order valence-corrected chi connectivity index (χ3v) is 7.78. The minimum absolute atomic E-state index is 0.0689. The van der Waals surface area contributed by atoms with E-state index >= 15 is 0 Å². The van der Waals surface area contributed by atoms with Gasteiger partial charge >= 0.3 is 5.97 Å². The van der Waals surface area contributed by atoms with Gasteiger partial charge in [0.15, 0.2) is 9.84 Å². The fourth-order valence-electron chi connectivity index (χ4n) is 3.50. The Kier molecular flexibility index (Phi) is 8.21. The van der Waals surface area contributed by atoms with Gasteiger partial charge in [-0.3, -0.25) is 15.2 Å². The van der Waals surface area contributed by atoms with Gasteiger partial charge in [-0.05, 0) is 30.2 Å². The number of amidine groups is 1. The summed E-state index contributed by atoms with van der Waals surface area (Å²) in [4.78, 5) is 20.5. The first kappa shape index (κ1) is 27.6. The smallest absolute Gasteiger partial charge is 0.352 e. The molecule has 0 bridgehead atoms. The quantitative estimate of drug-likeness (QED) is 0.128. The van der Waals surface area contributed by atoms with Crippen LogP contribution in [0.5, 0.6) is 11.5 Å². The molecule has 3 aromatic rings. The second-order valence-corrected chi connectivity index (χ2v) is 11.7. The lowest BCUT2D eigenvalue weighted by Gasteiger charge is -2.17. The molecule has 3 aromatic carbocycles. The predicted octanol–water partition coefficient (Wildman–Crippen LogP) is 2.12. The summed E-state index contributed by atoms with van der Waals surface area (Å²) < 4.78 is 53.5. The maximum atomic E-state index is 12.8. The molecule has 5 N–H and O–H groups in total. The van der Waals surface area contributed by atoms with Gasteiger partial charge in [0, 0.05) is 36.4 Å². The van der Waals surface area contributed by atoms with Gasteiger partial charge in [-0.15, -0.1) is 0 Å². The fraction of sp³-hybridized carbons (Fsp3) is 0.167. The van der Waals surface area contributed by atoms with E-state index < -0.39 is 36.5 Å². The highest BCUT2D eigenvalue weighted by Crippen LogP contribution is 2.38. The molecule has 0 unspecified atom stereocenters. The number of sulfone groups is 1. The van der Waals surface area contributed by atoms with Crippen molar-refractivity contribution in [2.45, 2.75) is 23.1 Å². The zero-order valence-corrected chi connectivity index (χ0v) is 21.5. The summed E-state index contributed by atoms with van der Waals surface area (Å²) >= 11 is 0. The molecule has 0 aliphatic rings. The molecule has 11 nitrogen and oxygen atoms in total. The summed E-state index contributed by atoms with van der Waals surface area (Å²) in [5.41, 5.74) is 6.63. The molecule has 0 aliphatic carbocycles. The number of nitrogens with two attached hydrogens (primary N) is 1. The molecule has 3 rings (SSSR count). The second kappa shape index (κ2) is 11.0. The molecule has 196 valence electrons. The van der Waals surface area contributed by atoms with Crippen molar-refractivity contribution in [1.29, 1.82) is 5.41 Å². The maximum Gasteiger partial charge on any atom is 0.352 e. The van der Waals surface area contributed by atoms with Crippen molar-refractivity contribution in [2.75, 3.05) is 12.8 Å². The molecule has 0 spiro atoms. The van der Waals surface area contributed by atoms with Crippen molar-refractivity contribution in [2.24, 2.45) is 5.73 Å². The van der Waals surface area contributed by atoms with E-state index in [-0.39, 0.29) is 40.6 Å². The third-order valence-electron chi connectivity index (χ3n) is 5.14. The Balaban J connectivity index is 1.99. The molecular formula is C24H25N3O8S2. The summed E-state index contributed by atoms with van der Waals surface area (Å²) in [5, 5.41) is 17.5. The second-order valence-electron chi connectivity index (χ2n) is 7.97. The van der Waals surface area contributed by atoms with Crippen LogP contribution in [0.1, 0.15) is 18.1 Å². The minimum atomic E-state index is -4.24. The Morgan fingerprint density at radius 3 is 2.32 bits per heavy atom. The average molecular weight is 548 g/mol. The van der Waals surface area contributed by atoms with Crippen LogP contribution in [0.4, 0.5) is 0 Å². The van der Waals surface area contributed by atoms with Crippen molar-refractivity contribution < 1.29 is 36.5 Å². The number of phenols is 1. The van der Waals surface area contributed by atoms with Crippen LogP contribution in [0.25, 0.3) is 11.1 Å². The zero-order chi connectivity index (χ0) is 27.4. The van der Waals surface area contributed by atoms with E-state index in [1.165, 1.54) is 12.1 Å². The molecule has 0 saturated heterocycles. The Labute approximate surface area is 214 Å². The van der Waals surface area contributed by atoms with Gasteiger partial charge in [0.05, 0.1) is 0 Å². The number of hydrogen-bond acceptors (Lipinski definition) is 9. The lowest BCUT2D eigenvalue weighted by Crippen LogP contribution is -2.27. The minimum Gasteiger partial charge on any atom is -0.507 e. The molecule has 0 fully saturated rings. The molecule has 0 aliphatic heterocycles. The van der Waals surface area contributed by atoms with Crippen LogP contribution in [0.2, 0.25) is 0 Å². The highest BCUT2D eigenvalue weighted by atomic mass is 32.2. The molecule has 0 radical (unpaired) electrons. The van der Waals surface area contributed by atoms with Gasteiger partial charge in [-0.25, -0.2) is 26.4 Å². The normalized spacial score (nSPS) is 11.6. The molecule has 0 heterocycles. The van der Waals surface area contributed by atoms with Gasteiger partial charge in [0.1, 0.15) is 21.4 Å². The number of nitrogens with one attached hydrogen (secondary N) is 2. The monoisotopic (exact) mass is 547 g/mol. The molecular weight excluding hydrogens is 522 g/mol. The Morgan fingerprint density at radius 1 is 1.05 bits per heavy atom. The number of nitrogen functional groups attached to an aromatic ring is 1. The van der Waals surface area contributed by atoms with Gasteiger partial charge in [-0.1, -0.05) is 42.5 Å². The highest BCUT2D eigenvalue weighted by molar-refractivity contribution is 7.91. The lowest BCUT2D eigenvalue weighted by atomic mass is 10.0. The number of rotatable bonds is 10. The average Bonchev–Trinajstić information content (AvgIpc) is 2.82. The van der Waals surface area contributed by atoms with E-state index in [9.17, 15) is 26.7 Å². The van der Waals surface area contributed by atoms with Crippen molar-refractivity contribution in [3.63, 3.8) is 0 Å². The van der Waals surface area contributed by atoms with Crippen LogP contribution in [-0.2, 0) is 36.0 Å². The van der Waals surface area contributed by atoms with E-state index in [0.29, 0.717) is 11.1 Å². The zero-order valence-electron chi connectivity index (χ0n) is 19.9. The summed E-state index contributed by atoms with van der Waals surface area (Å²) in [5.74, 6) is -1.99. The molecule has 0 saturated carbocycles. The largest absolute Gasteiger partial charge is 0.507 e. The summed E-state index contributed by atoms with van der Waals surface area (Å²) in [6.07, 6.45) is 0.910. The summed E-state index contributed by atoms with van der Waals surface area (Å²) in [6.45, 7) is 0.840. The molecule has 0 atom stereocenters.